The van der Waals surface area contributed by atoms with Crippen LogP contribution < -0.4 is 0 Å². The van der Waals surface area contributed by atoms with E-state index in [-0.39, 0.29) is 0 Å². The van der Waals surface area contributed by atoms with Crippen molar-refractivity contribution < 1.29 is 0 Å². The molecule has 0 aliphatic carbocycles. The molecule has 1 aromatic rings. The Balaban J connectivity index is 2.34. The maximum Gasteiger partial charge on any atom is 0.116 e. The fourth-order valence-corrected chi connectivity index (χ4v) is 2.84. The molecule has 0 saturated heterocycles. The number of rotatable bonds is 6. The first-order valence-corrected chi connectivity index (χ1v) is 7.15. The minimum Gasteiger partial charge on any atom is -0.303 e. The van der Waals surface area contributed by atoms with Gasteiger partial charge in [-0.15, -0.1) is 11.8 Å². The van der Waals surface area contributed by atoms with Crippen molar-refractivity contribution >= 4 is 34.4 Å². The number of halogens is 1. The fraction of sp³-hybridized carbons (Fsp3) is 0.600. The van der Waals surface area contributed by atoms with Gasteiger partial charge in [0.15, 0.2) is 0 Å². The topological polar surface area (TPSA) is 29.0 Å². The number of nitrogens with zero attached hydrogens (tertiary/aromatic N) is 3. The third-order valence-electron chi connectivity index (χ3n) is 2.17. The molecule has 3 nitrogen and oxygen atoms in total. The van der Waals surface area contributed by atoms with Crippen molar-refractivity contribution in [1.29, 1.82) is 0 Å². The van der Waals surface area contributed by atoms with Crippen molar-refractivity contribution in [2.45, 2.75) is 18.9 Å². The lowest BCUT2D eigenvalue weighted by molar-refractivity contribution is 0.324. The highest BCUT2D eigenvalue weighted by atomic mass is 127. The zero-order chi connectivity index (χ0) is 11.1. The second-order valence-electron chi connectivity index (χ2n) is 3.05. The van der Waals surface area contributed by atoms with Gasteiger partial charge in [0.2, 0.25) is 0 Å². The van der Waals surface area contributed by atoms with E-state index in [2.05, 4.69) is 51.3 Å². The molecule has 0 bridgehead atoms. The van der Waals surface area contributed by atoms with Crippen molar-refractivity contribution in [3.63, 3.8) is 0 Å². The summed E-state index contributed by atoms with van der Waals surface area (Å²) in [5.41, 5.74) is 0. The van der Waals surface area contributed by atoms with Crippen molar-refractivity contribution in [3.05, 3.63) is 16.1 Å². The SMILES string of the molecule is CCN(CC)CCSc1ncncc1I. The van der Waals surface area contributed by atoms with Gasteiger partial charge in [0, 0.05) is 18.5 Å². The third-order valence-corrected chi connectivity index (χ3v) is 4.32. The molecule has 1 rings (SSSR count). The van der Waals surface area contributed by atoms with Crippen LogP contribution in [0, 0.1) is 3.57 Å². The molecule has 0 radical (unpaired) electrons. The summed E-state index contributed by atoms with van der Waals surface area (Å²) in [6.45, 7) is 7.76. The Morgan fingerprint density at radius 3 is 2.73 bits per heavy atom. The van der Waals surface area contributed by atoms with E-state index in [1.807, 2.05) is 6.20 Å². The van der Waals surface area contributed by atoms with Crippen LogP contribution in [-0.2, 0) is 0 Å². The highest BCUT2D eigenvalue weighted by molar-refractivity contribution is 14.1. The minimum absolute atomic E-state index is 1.09. The van der Waals surface area contributed by atoms with Crippen LogP contribution in [0.1, 0.15) is 13.8 Å². The second-order valence-corrected chi connectivity index (χ2v) is 5.30. The van der Waals surface area contributed by atoms with E-state index in [4.69, 9.17) is 0 Å². The van der Waals surface area contributed by atoms with E-state index in [9.17, 15) is 0 Å². The van der Waals surface area contributed by atoms with Crippen LogP contribution in [0.2, 0.25) is 0 Å². The molecular formula is C10H16IN3S. The lowest BCUT2D eigenvalue weighted by Gasteiger charge is -2.17. The van der Waals surface area contributed by atoms with Gasteiger partial charge in [-0.25, -0.2) is 9.97 Å². The standard InChI is InChI=1S/C10H16IN3S/c1-3-14(4-2)5-6-15-10-9(11)7-12-8-13-10/h7-8H,3-6H2,1-2H3. The lowest BCUT2D eigenvalue weighted by Crippen LogP contribution is -2.25. The van der Waals surface area contributed by atoms with Gasteiger partial charge >= 0.3 is 0 Å². The molecule has 84 valence electrons. The molecule has 0 atom stereocenters. The monoisotopic (exact) mass is 337 g/mol. The highest BCUT2D eigenvalue weighted by Gasteiger charge is 2.03. The van der Waals surface area contributed by atoms with Crippen molar-refractivity contribution in [1.82, 2.24) is 14.9 Å². The minimum atomic E-state index is 1.09. The zero-order valence-electron chi connectivity index (χ0n) is 9.11. The van der Waals surface area contributed by atoms with Gasteiger partial charge < -0.3 is 4.90 Å². The smallest absolute Gasteiger partial charge is 0.116 e. The van der Waals surface area contributed by atoms with Gasteiger partial charge in [0.05, 0.1) is 3.57 Å². The summed E-state index contributed by atoms with van der Waals surface area (Å²) in [4.78, 5) is 10.6. The van der Waals surface area contributed by atoms with Gasteiger partial charge in [-0.05, 0) is 35.7 Å². The molecule has 0 aliphatic rings. The predicted octanol–water partition coefficient (Wildman–Crippen LogP) is 2.52. The largest absolute Gasteiger partial charge is 0.303 e. The maximum absolute atomic E-state index is 4.25. The Labute approximate surface area is 109 Å². The number of aromatic nitrogens is 2. The van der Waals surface area contributed by atoms with Crippen molar-refractivity contribution in [2.75, 3.05) is 25.4 Å². The van der Waals surface area contributed by atoms with Gasteiger partial charge in [0.1, 0.15) is 11.4 Å². The first-order valence-electron chi connectivity index (χ1n) is 5.08. The van der Waals surface area contributed by atoms with E-state index >= 15 is 0 Å². The van der Waals surface area contributed by atoms with E-state index in [1.165, 1.54) is 0 Å². The van der Waals surface area contributed by atoms with Crippen LogP contribution in [0.5, 0.6) is 0 Å². The van der Waals surface area contributed by atoms with Crippen LogP contribution in [0.3, 0.4) is 0 Å². The van der Waals surface area contributed by atoms with Crippen LogP contribution in [-0.4, -0.2) is 40.3 Å². The molecule has 0 unspecified atom stereocenters. The summed E-state index contributed by atoms with van der Waals surface area (Å²) in [5.74, 6) is 1.09. The Morgan fingerprint density at radius 1 is 1.40 bits per heavy atom. The van der Waals surface area contributed by atoms with E-state index in [0.29, 0.717) is 0 Å². The van der Waals surface area contributed by atoms with E-state index in [0.717, 1.165) is 34.0 Å². The number of hydrogen-bond acceptors (Lipinski definition) is 4. The summed E-state index contributed by atoms with van der Waals surface area (Å²) >= 11 is 4.08. The van der Waals surface area contributed by atoms with Gasteiger partial charge in [-0.2, -0.15) is 0 Å². The molecule has 0 fully saturated rings. The second kappa shape index (κ2) is 7.40. The summed E-state index contributed by atoms with van der Waals surface area (Å²) in [6.07, 6.45) is 3.47. The van der Waals surface area contributed by atoms with Crippen molar-refractivity contribution in [2.24, 2.45) is 0 Å². The molecule has 0 aliphatic heterocycles. The molecule has 0 spiro atoms. The predicted molar refractivity (Wildman–Crippen MR) is 73.3 cm³/mol. The van der Waals surface area contributed by atoms with Crippen LogP contribution in [0.4, 0.5) is 0 Å². The summed E-state index contributed by atoms with van der Waals surface area (Å²) in [6, 6.07) is 0. The summed E-state index contributed by atoms with van der Waals surface area (Å²) in [7, 11) is 0. The van der Waals surface area contributed by atoms with Crippen LogP contribution >= 0.6 is 34.4 Å². The van der Waals surface area contributed by atoms with Crippen LogP contribution in [0.25, 0.3) is 0 Å². The Kier molecular flexibility index (Phi) is 6.51. The lowest BCUT2D eigenvalue weighted by atomic mass is 10.5. The fourth-order valence-electron chi connectivity index (χ4n) is 1.22. The average Bonchev–Trinajstić information content (AvgIpc) is 2.27. The highest BCUT2D eigenvalue weighted by Crippen LogP contribution is 2.20. The normalized spacial score (nSPS) is 10.9. The quantitative estimate of drug-likeness (QED) is 0.453. The van der Waals surface area contributed by atoms with E-state index in [1.54, 1.807) is 18.1 Å². The Bertz CT molecular complexity index is 292. The molecule has 0 N–H and O–H groups in total. The molecule has 0 aromatic carbocycles. The summed E-state index contributed by atoms with van der Waals surface area (Å²) < 4.78 is 1.14. The van der Waals surface area contributed by atoms with Gasteiger partial charge in [0.25, 0.3) is 0 Å². The molecule has 15 heavy (non-hydrogen) atoms. The molecular weight excluding hydrogens is 321 g/mol. The number of hydrogen-bond donors (Lipinski definition) is 0. The average molecular weight is 337 g/mol. The Morgan fingerprint density at radius 2 is 2.13 bits per heavy atom. The van der Waals surface area contributed by atoms with Crippen molar-refractivity contribution in [3.8, 4) is 0 Å². The zero-order valence-corrected chi connectivity index (χ0v) is 12.1. The summed E-state index contributed by atoms with van der Waals surface area (Å²) in [5, 5.41) is 1.10. The van der Waals surface area contributed by atoms with Gasteiger partial charge in [-0.1, -0.05) is 13.8 Å². The number of thioether (sulfide) groups is 1. The molecule has 1 heterocycles. The molecule has 1 aromatic heterocycles. The molecule has 5 heteroatoms. The van der Waals surface area contributed by atoms with Crippen LogP contribution in [0.15, 0.2) is 17.6 Å². The van der Waals surface area contributed by atoms with Gasteiger partial charge in [-0.3, -0.25) is 0 Å². The third kappa shape index (κ3) is 4.65. The molecule has 0 amide bonds. The Hall–Kier alpha value is 0.120. The first kappa shape index (κ1) is 13.2. The van der Waals surface area contributed by atoms with E-state index < -0.39 is 0 Å². The molecule has 0 saturated carbocycles. The maximum atomic E-state index is 4.25. The first-order chi connectivity index (χ1) is 7.27.